The predicted molar refractivity (Wildman–Crippen MR) is 72.9 cm³/mol. The Hall–Kier alpha value is -0.660. The topological polar surface area (TPSA) is 85.1 Å². The fraction of sp³-hybridized carbons (Fsp3) is 0.727. The van der Waals surface area contributed by atoms with Crippen LogP contribution in [0.1, 0.15) is 33.4 Å². The van der Waals surface area contributed by atoms with Crippen LogP contribution in [0.2, 0.25) is 0 Å². The smallest absolute Gasteiger partial charge is 0.252 e. The molecular formula is C11H19N3O2S2. The van der Waals surface area contributed by atoms with Crippen molar-refractivity contribution in [2.24, 2.45) is 10.8 Å². The average molecular weight is 289 g/mol. The van der Waals surface area contributed by atoms with Crippen molar-refractivity contribution in [3.8, 4) is 0 Å². The molecule has 1 aromatic rings. The van der Waals surface area contributed by atoms with Crippen LogP contribution in [0.4, 0.5) is 5.13 Å². The Balaban J connectivity index is 2.28. The molecule has 0 amide bonds. The highest BCUT2D eigenvalue weighted by Crippen LogP contribution is 2.63. The van der Waals surface area contributed by atoms with Gasteiger partial charge in [0.1, 0.15) is 0 Å². The zero-order valence-corrected chi connectivity index (χ0v) is 12.9. The fourth-order valence-electron chi connectivity index (χ4n) is 2.35. The van der Waals surface area contributed by atoms with E-state index in [-0.39, 0.29) is 26.2 Å². The summed E-state index contributed by atoms with van der Waals surface area (Å²) in [7, 11) is -3.52. The van der Waals surface area contributed by atoms with E-state index in [0.717, 1.165) is 11.3 Å². The minimum atomic E-state index is -3.52. The normalized spacial score (nSPS) is 22.1. The highest BCUT2D eigenvalue weighted by Gasteiger charge is 2.66. The molecule has 1 saturated carbocycles. The molecular weight excluding hydrogens is 270 g/mol. The molecule has 1 fully saturated rings. The van der Waals surface area contributed by atoms with E-state index < -0.39 is 10.0 Å². The highest BCUT2D eigenvalue weighted by molar-refractivity contribution is 7.91. The maximum absolute atomic E-state index is 12.3. The summed E-state index contributed by atoms with van der Waals surface area (Å²) in [5, 5.41) is 0.280. The van der Waals surface area contributed by atoms with Gasteiger partial charge in [-0.25, -0.2) is 18.1 Å². The van der Waals surface area contributed by atoms with Gasteiger partial charge in [-0.15, -0.1) is 0 Å². The second kappa shape index (κ2) is 3.68. The van der Waals surface area contributed by atoms with Crippen LogP contribution >= 0.6 is 11.3 Å². The van der Waals surface area contributed by atoms with Crippen LogP contribution in [-0.4, -0.2) is 19.4 Å². The minimum Gasteiger partial charge on any atom is -0.375 e. The Morgan fingerprint density at radius 1 is 1.28 bits per heavy atom. The summed E-state index contributed by atoms with van der Waals surface area (Å²) < 4.78 is 27.6. The molecule has 1 aliphatic rings. The van der Waals surface area contributed by atoms with Crippen LogP contribution in [0.5, 0.6) is 0 Å². The first-order chi connectivity index (χ1) is 8.00. The van der Waals surface area contributed by atoms with Crippen molar-refractivity contribution in [2.75, 3.05) is 5.73 Å². The van der Waals surface area contributed by atoms with Crippen LogP contribution in [0, 0.1) is 17.8 Å². The van der Waals surface area contributed by atoms with Gasteiger partial charge in [-0.3, -0.25) is 0 Å². The minimum absolute atomic E-state index is 0.0375. The molecule has 0 unspecified atom stereocenters. The zero-order chi connectivity index (χ0) is 13.9. The Labute approximate surface area is 112 Å². The molecule has 0 radical (unpaired) electrons. The third-order valence-corrected chi connectivity index (χ3v) is 7.33. The molecule has 7 heteroatoms. The first kappa shape index (κ1) is 13.8. The van der Waals surface area contributed by atoms with Crippen molar-refractivity contribution >= 4 is 26.5 Å². The third kappa shape index (κ3) is 1.85. The van der Waals surface area contributed by atoms with E-state index in [9.17, 15) is 8.42 Å². The largest absolute Gasteiger partial charge is 0.375 e. The number of nitrogen functional groups attached to an aromatic ring is 1. The summed E-state index contributed by atoms with van der Waals surface area (Å²) in [6.07, 6.45) is 0. The van der Waals surface area contributed by atoms with Crippen LogP contribution in [0.25, 0.3) is 0 Å². The summed E-state index contributed by atoms with van der Waals surface area (Å²) >= 11 is 1.01. The lowest BCUT2D eigenvalue weighted by atomic mass is 10.0. The van der Waals surface area contributed by atoms with Gasteiger partial charge in [0.15, 0.2) is 9.34 Å². The lowest BCUT2D eigenvalue weighted by molar-refractivity contribution is 0.457. The van der Waals surface area contributed by atoms with E-state index in [1.54, 1.807) is 6.92 Å². The van der Waals surface area contributed by atoms with E-state index >= 15 is 0 Å². The molecule has 0 aromatic carbocycles. The Morgan fingerprint density at radius 2 is 1.78 bits per heavy atom. The first-order valence-electron chi connectivity index (χ1n) is 5.75. The van der Waals surface area contributed by atoms with E-state index in [0.29, 0.717) is 5.69 Å². The van der Waals surface area contributed by atoms with Gasteiger partial charge >= 0.3 is 0 Å². The summed E-state index contributed by atoms with van der Waals surface area (Å²) in [6.45, 7) is 9.91. The van der Waals surface area contributed by atoms with Crippen LogP contribution in [-0.2, 0) is 10.0 Å². The number of aromatic nitrogens is 1. The summed E-state index contributed by atoms with van der Waals surface area (Å²) in [4.78, 5) is 3.95. The molecule has 0 atom stereocenters. The van der Waals surface area contributed by atoms with Crippen molar-refractivity contribution in [2.45, 2.75) is 44.9 Å². The number of thiazole rings is 1. The second-order valence-electron chi connectivity index (χ2n) is 5.92. The molecule has 0 spiro atoms. The summed E-state index contributed by atoms with van der Waals surface area (Å²) in [5.74, 6) is 0. The van der Waals surface area contributed by atoms with Gasteiger partial charge < -0.3 is 5.73 Å². The molecule has 0 aliphatic heterocycles. The molecule has 0 bridgehead atoms. The maximum Gasteiger partial charge on any atom is 0.252 e. The van der Waals surface area contributed by atoms with Gasteiger partial charge in [0.2, 0.25) is 0 Å². The molecule has 2 rings (SSSR count). The molecule has 0 saturated heterocycles. The standard InChI is InChI=1S/C11H19N3O2S2/c1-6-7(17-9(12)13-6)18(15,16)14-8-10(2,3)11(8,4)5/h8,14H,1-5H3,(H2,12,13). The number of hydrogen-bond donors (Lipinski definition) is 2. The van der Waals surface area contributed by atoms with E-state index in [1.807, 2.05) is 0 Å². The van der Waals surface area contributed by atoms with E-state index in [1.165, 1.54) is 0 Å². The number of nitrogens with zero attached hydrogens (tertiary/aromatic N) is 1. The number of hydrogen-bond acceptors (Lipinski definition) is 5. The van der Waals surface area contributed by atoms with Crippen molar-refractivity contribution in [1.29, 1.82) is 0 Å². The SMILES string of the molecule is Cc1nc(N)sc1S(=O)(=O)NC1C(C)(C)C1(C)C. The van der Waals surface area contributed by atoms with Crippen LogP contribution in [0.3, 0.4) is 0 Å². The summed E-state index contributed by atoms with van der Waals surface area (Å²) in [6, 6.07) is -0.0577. The molecule has 5 nitrogen and oxygen atoms in total. The van der Waals surface area contributed by atoms with Crippen molar-refractivity contribution < 1.29 is 8.42 Å². The van der Waals surface area contributed by atoms with Crippen molar-refractivity contribution in [3.63, 3.8) is 0 Å². The quantitative estimate of drug-likeness (QED) is 0.887. The Morgan fingerprint density at radius 3 is 2.11 bits per heavy atom. The van der Waals surface area contributed by atoms with E-state index in [2.05, 4.69) is 37.4 Å². The monoisotopic (exact) mass is 289 g/mol. The van der Waals surface area contributed by atoms with Crippen molar-refractivity contribution in [1.82, 2.24) is 9.71 Å². The van der Waals surface area contributed by atoms with Gasteiger partial charge in [-0.1, -0.05) is 39.0 Å². The predicted octanol–water partition coefficient (Wildman–Crippen LogP) is 1.75. The van der Waals surface area contributed by atoms with Crippen LogP contribution < -0.4 is 10.5 Å². The molecule has 1 aromatic heterocycles. The highest BCUT2D eigenvalue weighted by atomic mass is 32.2. The molecule has 102 valence electrons. The van der Waals surface area contributed by atoms with Crippen LogP contribution in [0.15, 0.2) is 4.21 Å². The summed E-state index contributed by atoms with van der Waals surface area (Å²) in [5.41, 5.74) is 5.93. The Kier molecular flexibility index (Phi) is 2.81. The average Bonchev–Trinajstić information content (AvgIpc) is 2.52. The molecule has 18 heavy (non-hydrogen) atoms. The van der Waals surface area contributed by atoms with Crippen molar-refractivity contribution in [3.05, 3.63) is 5.69 Å². The Bertz CT molecular complexity index is 573. The number of nitrogens with two attached hydrogens (primary N) is 1. The number of nitrogens with one attached hydrogen (secondary N) is 1. The number of anilines is 1. The molecule has 1 heterocycles. The van der Waals surface area contributed by atoms with Gasteiger partial charge in [-0.2, -0.15) is 0 Å². The van der Waals surface area contributed by atoms with Gasteiger partial charge in [-0.05, 0) is 17.8 Å². The second-order valence-corrected chi connectivity index (χ2v) is 8.86. The first-order valence-corrected chi connectivity index (χ1v) is 8.05. The van der Waals surface area contributed by atoms with Gasteiger partial charge in [0.05, 0.1) is 5.69 Å². The maximum atomic E-state index is 12.3. The van der Waals surface area contributed by atoms with Gasteiger partial charge in [0, 0.05) is 6.04 Å². The number of rotatable bonds is 3. The number of sulfonamides is 1. The molecule has 3 N–H and O–H groups in total. The molecule has 1 aliphatic carbocycles. The zero-order valence-electron chi connectivity index (χ0n) is 11.2. The number of aryl methyl sites for hydroxylation is 1. The lowest BCUT2D eigenvalue weighted by Gasteiger charge is -2.06. The lowest BCUT2D eigenvalue weighted by Crippen LogP contribution is -2.29. The van der Waals surface area contributed by atoms with Gasteiger partial charge in [0.25, 0.3) is 10.0 Å². The fourth-order valence-corrected chi connectivity index (χ4v) is 5.20. The third-order valence-electron chi connectivity index (χ3n) is 4.31. The van der Waals surface area contributed by atoms with E-state index in [4.69, 9.17) is 5.73 Å².